The Bertz CT molecular complexity index is 1310. The van der Waals surface area contributed by atoms with E-state index in [9.17, 15) is 4.79 Å². The molecule has 3 heterocycles. The summed E-state index contributed by atoms with van der Waals surface area (Å²) in [5.74, 6) is 1.37. The highest BCUT2D eigenvalue weighted by Gasteiger charge is 2.29. The number of nitrogens with one attached hydrogen (secondary N) is 2. The van der Waals surface area contributed by atoms with Crippen molar-refractivity contribution in [2.24, 2.45) is 0 Å². The molecule has 0 saturated heterocycles. The molecule has 0 aliphatic heterocycles. The zero-order valence-corrected chi connectivity index (χ0v) is 21.2. The molecular formula is C29H31N3O2S. The van der Waals surface area contributed by atoms with Gasteiger partial charge >= 0.3 is 0 Å². The van der Waals surface area contributed by atoms with Crippen molar-refractivity contribution in [3.05, 3.63) is 99.4 Å². The number of pyridine rings is 1. The number of carbonyl (C=O) groups is 1. The molecule has 2 N–H and O–H groups in total. The first kappa shape index (κ1) is 23.4. The topological polar surface area (TPSA) is 67.2 Å². The molecule has 1 aromatic carbocycles. The minimum Gasteiger partial charge on any atom is -0.459 e. The molecule has 1 aliphatic carbocycles. The molecule has 0 fully saturated rings. The first-order chi connectivity index (χ1) is 17.0. The maximum Gasteiger partial charge on any atom is 0.291 e. The molecule has 5 nitrogen and oxygen atoms in total. The van der Waals surface area contributed by atoms with Crippen LogP contribution in [0.1, 0.15) is 81.9 Å². The second-order valence-electron chi connectivity index (χ2n) is 9.50. The number of hydrogen-bond donors (Lipinski definition) is 2. The van der Waals surface area contributed by atoms with Crippen LogP contribution in [-0.2, 0) is 12.8 Å². The van der Waals surface area contributed by atoms with Crippen molar-refractivity contribution in [2.75, 3.05) is 10.6 Å². The Morgan fingerprint density at radius 2 is 1.83 bits per heavy atom. The van der Waals surface area contributed by atoms with Gasteiger partial charge in [-0.1, -0.05) is 38.1 Å². The molecule has 1 atom stereocenters. The van der Waals surface area contributed by atoms with Gasteiger partial charge in [-0.15, -0.1) is 11.3 Å². The van der Waals surface area contributed by atoms with E-state index in [1.165, 1.54) is 28.7 Å². The predicted molar refractivity (Wildman–Crippen MR) is 143 cm³/mol. The number of aromatic nitrogens is 1. The summed E-state index contributed by atoms with van der Waals surface area (Å²) < 4.78 is 5.37. The summed E-state index contributed by atoms with van der Waals surface area (Å²) in [5.41, 5.74) is 6.10. The zero-order valence-electron chi connectivity index (χ0n) is 20.4. The third-order valence-electron chi connectivity index (χ3n) is 6.62. The van der Waals surface area contributed by atoms with E-state index in [0.717, 1.165) is 46.8 Å². The van der Waals surface area contributed by atoms with Crippen molar-refractivity contribution < 1.29 is 9.21 Å². The normalized spacial score (nSPS) is 13.9. The summed E-state index contributed by atoms with van der Waals surface area (Å²) in [6.45, 7) is 6.48. The van der Waals surface area contributed by atoms with Crippen LogP contribution in [0.2, 0.25) is 0 Å². The fraction of sp³-hybridized carbons (Fsp3) is 0.310. The van der Waals surface area contributed by atoms with E-state index in [2.05, 4.69) is 66.7 Å². The largest absolute Gasteiger partial charge is 0.459 e. The van der Waals surface area contributed by atoms with Crippen molar-refractivity contribution in [2.45, 2.75) is 58.4 Å². The van der Waals surface area contributed by atoms with E-state index in [0.29, 0.717) is 11.7 Å². The van der Waals surface area contributed by atoms with Gasteiger partial charge in [0.2, 0.25) is 0 Å². The van der Waals surface area contributed by atoms with Crippen LogP contribution in [0.25, 0.3) is 0 Å². The van der Waals surface area contributed by atoms with Crippen molar-refractivity contribution in [1.82, 2.24) is 4.98 Å². The van der Waals surface area contributed by atoms with E-state index < -0.39 is 0 Å². The number of carbonyl (C=O) groups excluding carboxylic acids is 1. The molecule has 1 amide bonds. The van der Waals surface area contributed by atoms with E-state index >= 15 is 0 Å². The maximum absolute atomic E-state index is 13.0. The minimum absolute atomic E-state index is 0.143. The fourth-order valence-corrected chi connectivity index (χ4v) is 6.04. The first-order valence-corrected chi connectivity index (χ1v) is 13.1. The average Bonchev–Trinajstić information content (AvgIpc) is 3.51. The van der Waals surface area contributed by atoms with Crippen molar-refractivity contribution >= 4 is 28.1 Å². The molecule has 0 radical (unpaired) electrons. The Kier molecular flexibility index (Phi) is 6.73. The van der Waals surface area contributed by atoms with Gasteiger partial charge in [-0.3, -0.25) is 4.79 Å². The number of anilines is 2. The monoisotopic (exact) mass is 485 g/mol. The SMILES string of the molecule is Cc1ccnc(N[C@H](c2ccc(C(C)C)cc2)c2c(NC(=O)c3ccco3)sc3c2CCCC3)c1. The van der Waals surface area contributed by atoms with Gasteiger partial charge in [0.15, 0.2) is 5.76 Å². The molecule has 6 heteroatoms. The number of hydrogen-bond acceptors (Lipinski definition) is 5. The molecule has 0 bridgehead atoms. The number of nitrogens with zero attached hydrogens (tertiary/aromatic N) is 1. The standard InChI is InChI=1S/C29H31N3O2S/c1-18(2)20-10-12-21(13-11-20)27(31-25-17-19(3)14-15-30-25)26-22-7-4-5-9-24(22)35-29(26)32-28(33)23-8-6-16-34-23/h6,8,10-18,27H,4-5,7,9H2,1-3H3,(H,30,31)(H,32,33)/t27-/m1/s1. The molecule has 0 saturated carbocycles. The lowest BCUT2D eigenvalue weighted by atomic mass is 9.88. The number of thiophene rings is 1. The van der Waals surface area contributed by atoms with Crippen LogP contribution in [-0.4, -0.2) is 10.9 Å². The summed E-state index contributed by atoms with van der Waals surface area (Å²) in [4.78, 5) is 18.9. The molecule has 35 heavy (non-hydrogen) atoms. The Morgan fingerprint density at radius 3 is 2.54 bits per heavy atom. The third-order valence-corrected chi connectivity index (χ3v) is 7.84. The maximum atomic E-state index is 13.0. The number of fused-ring (bicyclic) bond motifs is 1. The predicted octanol–water partition coefficient (Wildman–Crippen LogP) is 7.50. The van der Waals surface area contributed by atoms with E-state index in [-0.39, 0.29) is 11.9 Å². The highest BCUT2D eigenvalue weighted by atomic mass is 32.1. The van der Waals surface area contributed by atoms with E-state index in [4.69, 9.17) is 4.42 Å². The van der Waals surface area contributed by atoms with Crippen molar-refractivity contribution in [3.8, 4) is 0 Å². The van der Waals surface area contributed by atoms with Gasteiger partial charge in [0.25, 0.3) is 5.91 Å². The molecular weight excluding hydrogens is 454 g/mol. The summed E-state index contributed by atoms with van der Waals surface area (Å²) in [7, 11) is 0. The van der Waals surface area contributed by atoms with Crippen LogP contribution in [0.4, 0.5) is 10.8 Å². The highest BCUT2D eigenvalue weighted by Crippen LogP contribution is 2.44. The zero-order chi connectivity index (χ0) is 24.4. The molecule has 3 aromatic heterocycles. The smallest absolute Gasteiger partial charge is 0.291 e. The van der Waals surface area contributed by atoms with E-state index in [1.807, 2.05) is 12.3 Å². The molecule has 180 valence electrons. The van der Waals surface area contributed by atoms with Crippen LogP contribution >= 0.6 is 11.3 Å². The lowest BCUT2D eigenvalue weighted by Crippen LogP contribution is -2.19. The van der Waals surface area contributed by atoms with Gasteiger partial charge in [0.1, 0.15) is 10.8 Å². The second-order valence-corrected chi connectivity index (χ2v) is 10.6. The summed E-state index contributed by atoms with van der Waals surface area (Å²) in [5, 5.41) is 7.76. The minimum atomic E-state index is -0.225. The van der Waals surface area contributed by atoms with E-state index in [1.54, 1.807) is 23.5 Å². The number of rotatable bonds is 7. The summed E-state index contributed by atoms with van der Waals surface area (Å²) in [6, 6.07) is 16.2. The van der Waals surface area contributed by atoms with Gasteiger partial charge in [-0.2, -0.15) is 0 Å². The first-order valence-electron chi connectivity index (χ1n) is 12.3. The Balaban J connectivity index is 1.61. The molecule has 0 unspecified atom stereocenters. The van der Waals surface area contributed by atoms with Crippen LogP contribution in [0.3, 0.4) is 0 Å². The van der Waals surface area contributed by atoms with Gasteiger partial charge in [-0.25, -0.2) is 4.98 Å². The molecule has 4 aromatic rings. The molecule has 5 rings (SSSR count). The van der Waals surface area contributed by atoms with Gasteiger partial charge < -0.3 is 15.1 Å². The van der Waals surface area contributed by atoms with Gasteiger partial charge in [-0.05, 0) is 85.0 Å². The fourth-order valence-electron chi connectivity index (χ4n) is 4.72. The third kappa shape index (κ3) is 5.03. The Morgan fingerprint density at radius 1 is 1.06 bits per heavy atom. The lowest BCUT2D eigenvalue weighted by Gasteiger charge is -2.24. The Hall–Kier alpha value is -3.38. The Labute approximate surface area is 210 Å². The van der Waals surface area contributed by atoms with Crippen molar-refractivity contribution in [1.29, 1.82) is 0 Å². The van der Waals surface area contributed by atoms with Crippen molar-refractivity contribution in [3.63, 3.8) is 0 Å². The highest BCUT2D eigenvalue weighted by molar-refractivity contribution is 7.16. The second kappa shape index (κ2) is 10.1. The summed E-state index contributed by atoms with van der Waals surface area (Å²) >= 11 is 1.70. The summed E-state index contributed by atoms with van der Waals surface area (Å²) in [6.07, 6.45) is 7.76. The van der Waals surface area contributed by atoms with Crippen LogP contribution < -0.4 is 10.6 Å². The molecule has 1 aliphatic rings. The quantitative estimate of drug-likeness (QED) is 0.284. The van der Waals surface area contributed by atoms with Crippen LogP contribution in [0.15, 0.2) is 65.4 Å². The van der Waals surface area contributed by atoms with Gasteiger partial charge in [0.05, 0.1) is 12.3 Å². The van der Waals surface area contributed by atoms with Crippen LogP contribution in [0, 0.1) is 6.92 Å². The number of benzene rings is 1. The van der Waals surface area contributed by atoms with Crippen LogP contribution in [0.5, 0.6) is 0 Å². The van der Waals surface area contributed by atoms with Gasteiger partial charge in [0, 0.05) is 16.6 Å². The number of aryl methyl sites for hydroxylation is 2. The average molecular weight is 486 g/mol. The number of furan rings is 1. The molecule has 0 spiro atoms. The number of amides is 1. The lowest BCUT2D eigenvalue weighted by molar-refractivity contribution is 0.0997.